The largest absolute Gasteiger partial charge is 0.395 e. The third-order valence-electron chi connectivity index (χ3n) is 2.57. The molecule has 86 valence electrons. The van der Waals surface area contributed by atoms with Gasteiger partial charge in [0.25, 0.3) is 0 Å². The average molecular weight is 238 g/mol. The van der Waals surface area contributed by atoms with E-state index in [4.69, 9.17) is 23.1 Å². The molecule has 1 fully saturated rings. The Kier molecular flexibility index (Phi) is 3.31. The van der Waals surface area contributed by atoms with Gasteiger partial charge in [0.2, 0.25) is 0 Å². The van der Waals surface area contributed by atoms with Gasteiger partial charge in [-0.15, -0.1) is 5.10 Å². The molecule has 1 aliphatic carbocycles. The molecule has 0 amide bonds. The van der Waals surface area contributed by atoms with Crippen molar-refractivity contribution in [1.82, 2.24) is 10.2 Å². The molecule has 1 saturated carbocycles. The second kappa shape index (κ2) is 4.71. The van der Waals surface area contributed by atoms with Crippen molar-refractivity contribution in [2.24, 2.45) is 5.73 Å². The Labute approximate surface area is 99.3 Å². The molecule has 1 aromatic rings. The Morgan fingerprint density at radius 1 is 1.62 bits per heavy atom. The van der Waals surface area contributed by atoms with Gasteiger partial charge >= 0.3 is 0 Å². The van der Waals surface area contributed by atoms with E-state index < -0.39 is 0 Å². The first-order chi connectivity index (χ1) is 7.74. The van der Waals surface area contributed by atoms with Gasteiger partial charge in [0, 0.05) is 12.6 Å². The van der Waals surface area contributed by atoms with Crippen molar-refractivity contribution >= 4 is 23.0 Å². The molecule has 2 rings (SSSR count). The normalized spacial score (nSPS) is 14.8. The van der Waals surface area contributed by atoms with E-state index in [9.17, 15) is 0 Å². The van der Waals surface area contributed by atoms with E-state index in [-0.39, 0.29) is 6.61 Å². The smallest absolute Gasteiger partial charge is 0.161 e. The van der Waals surface area contributed by atoms with E-state index in [1.54, 1.807) is 12.3 Å². The fourth-order valence-electron chi connectivity index (χ4n) is 1.68. The molecule has 5 nitrogen and oxygen atoms in total. The predicted octanol–water partition coefficient (Wildman–Crippen LogP) is 0.0719. The zero-order valence-electron chi connectivity index (χ0n) is 8.83. The lowest BCUT2D eigenvalue weighted by atomic mass is 10.2. The summed E-state index contributed by atoms with van der Waals surface area (Å²) in [5, 5.41) is 17.0. The summed E-state index contributed by atoms with van der Waals surface area (Å²) >= 11 is 4.98. The molecule has 16 heavy (non-hydrogen) atoms. The van der Waals surface area contributed by atoms with Crippen LogP contribution in [0.2, 0.25) is 0 Å². The van der Waals surface area contributed by atoms with Crippen LogP contribution in [0.15, 0.2) is 12.3 Å². The fraction of sp³-hybridized carbons (Fsp3) is 0.500. The summed E-state index contributed by atoms with van der Waals surface area (Å²) in [5.74, 6) is 0.687. The molecule has 1 aromatic heterocycles. The van der Waals surface area contributed by atoms with E-state index in [0.29, 0.717) is 23.4 Å². The van der Waals surface area contributed by atoms with Crippen molar-refractivity contribution in [2.75, 3.05) is 18.1 Å². The Balaban J connectivity index is 2.32. The van der Waals surface area contributed by atoms with Gasteiger partial charge in [-0.05, 0) is 18.9 Å². The van der Waals surface area contributed by atoms with E-state index in [2.05, 4.69) is 10.2 Å². The Bertz CT molecular complexity index is 394. The molecule has 0 aromatic carbocycles. The third-order valence-corrected chi connectivity index (χ3v) is 2.79. The van der Waals surface area contributed by atoms with Crippen LogP contribution in [0.3, 0.4) is 0 Å². The molecule has 0 unspecified atom stereocenters. The van der Waals surface area contributed by atoms with Crippen molar-refractivity contribution in [1.29, 1.82) is 0 Å². The quantitative estimate of drug-likeness (QED) is 0.707. The SMILES string of the molecule is NC(=S)c1ccnnc1N(CCO)C1CC1. The number of nitrogens with two attached hydrogens (primary N) is 1. The first kappa shape index (κ1) is 11.2. The topological polar surface area (TPSA) is 75.3 Å². The van der Waals surface area contributed by atoms with Crippen LogP contribution in [0.1, 0.15) is 18.4 Å². The van der Waals surface area contributed by atoms with Crippen LogP contribution in [0.25, 0.3) is 0 Å². The maximum atomic E-state index is 9.05. The molecule has 0 radical (unpaired) electrons. The zero-order chi connectivity index (χ0) is 11.5. The van der Waals surface area contributed by atoms with Crippen LogP contribution < -0.4 is 10.6 Å². The summed E-state index contributed by atoms with van der Waals surface area (Å²) in [6, 6.07) is 2.20. The number of aliphatic hydroxyl groups excluding tert-OH is 1. The number of hydrogen-bond donors (Lipinski definition) is 2. The van der Waals surface area contributed by atoms with Gasteiger partial charge in [-0.25, -0.2) is 0 Å². The highest BCUT2D eigenvalue weighted by molar-refractivity contribution is 7.80. The highest BCUT2D eigenvalue weighted by Crippen LogP contribution is 2.31. The standard InChI is InChI=1S/C10H14N4OS/c11-9(16)8-3-4-12-13-10(8)14(5-6-15)7-1-2-7/h3-4,7,15H,1-2,5-6H2,(H2,11,16). The molecule has 1 aliphatic rings. The van der Waals surface area contributed by atoms with Crippen LogP contribution in [-0.4, -0.2) is 39.5 Å². The second-order valence-corrected chi connectivity index (χ2v) is 4.22. The summed E-state index contributed by atoms with van der Waals surface area (Å²) in [5.41, 5.74) is 6.37. The van der Waals surface area contributed by atoms with Gasteiger partial charge in [0.1, 0.15) is 4.99 Å². The fourth-order valence-corrected chi connectivity index (χ4v) is 1.84. The molecule has 0 aliphatic heterocycles. The van der Waals surface area contributed by atoms with Crippen LogP contribution >= 0.6 is 12.2 Å². The van der Waals surface area contributed by atoms with E-state index >= 15 is 0 Å². The minimum atomic E-state index is 0.0872. The predicted molar refractivity (Wildman–Crippen MR) is 65.4 cm³/mol. The van der Waals surface area contributed by atoms with E-state index in [1.165, 1.54) is 0 Å². The first-order valence-corrected chi connectivity index (χ1v) is 5.64. The van der Waals surface area contributed by atoms with Crippen molar-refractivity contribution in [2.45, 2.75) is 18.9 Å². The minimum absolute atomic E-state index is 0.0872. The van der Waals surface area contributed by atoms with Gasteiger partial charge in [-0.1, -0.05) is 12.2 Å². The molecular formula is C10H14N4OS. The number of thiocarbonyl (C=S) groups is 1. The van der Waals surface area contributed by atoms with Crippen LogP contribution in [0.5, 0.6) is 0 Å². The van der Waals surface area contributed by atoms with Crippen LogP contribution in [0.4, 0.5) is 5.82 Å². The lowest BCUT2D eigenvalue weighted by Crippen LogP contribution is -2.32. The van der Waals surface area contributed by atoms with Crippen molar-refractivity contribution in [3.8, 4) is 0 Å². The van der Waals surface area contributed by atoms with Gasteiger partial charge in [-0.2, -0.15) is 5.10 Å². The van der Waals surface area contributed by atoms with Crippen LogP contribution in [0, 0.1) is 0 Å². The monoisotopic (exact) mass is 238 g/mol. The van der Waals surface area contributed by atoms with Crippen molar-refractivity contribution in [3.63, 3.8) is 0 Å². The average Bonchev–Trinajstić information content (AvgIpc) is 3.10. The first-order valence-electron chi connectivity index (χ1n) is 5.23. The van der Waals surface area contributed by atoms with E-state index in [0.717, 1.165) is 18.4 Å². The summed E-state index contributed by atoms with van der Waals surface area (Å²) < 4.78 is 0. The summed E-state index contributed by atoms with van der Waals surface area (Å²) in [4.78, 5) is 2.34. The number of aliphatic hydroxyl groups is 1. The Morgan fingerprint density at radius 2 is 2.38 bits per heavy atom. The summed E-state index contributed by atoms with van der Waals surface area (Å²) in [6.45, 7) is 0.628. The molecule has 0 atom stereocenters. The van der Waals surface area contributed by atoms with Gasteiger partial charge < -0.3 is 15.7 Å². The molecule has 0 spiro atoms. The number of nitrogens with zero attached hydrogens (tertiary/aromatic N) is 3. The number of anilines is 1. The maximum absolute atomic E-state index is 9.05. The molecule has 3 N–H and O–H groups in total. The second-order valence-electron chi connectivity index (χ2n) is 3.78. The number of hydrogen-bond acceptors (Lipinski definition) is 5. The van der Waals surface area contributed by atoms with Crippen molar-refractivity contribution in [3.05, 3.63) is 17.8 Å². The highest BCUT2D eigenvalue weighted by Gasteiger charge is 2.31. The minimum Gasteiger partial charge on any atom is -0.395 e. The highest BCUT2D eigenvalue weighted by atomic mass is 32.1. The van der Waals surface area contributed by atoms with Crippen molar-refractivity contribution < 1.29 is 5.11 Å². The molecule has 0 saturated heterocycles. The summed E-state index contributed by atoms with van der Waals surface area (Å²) in [7, 11) is 0. The lowest BCUT2D eigenvalue weighted by molar-refractivity contribution is 0.301. The maximum Gasteiger partial charge on any atom is 0.161 e. The lowest BCUT2D eigenvalue weighted by Gasteiger charge is -2.23. The van der Waals surface area contributed by atoms with Gasteiger partial charge in [0.15, 0.2) is 5.82 Å². The van der Waals surface area contributed by atoms with E-state index in [1.807, 2.05) is 4.90 Å². The van der Waals surface area contributed by atoms with Gasteiger partial charge in [0.05, 0.1) is 18.4 Å². The Morgan fingerprint density at radius 3 is 2.94 bits per heavy atom. The Hall–Kier alpha value is -1.27. The molecule has 0 bridgehead atoms. The van der Waals surface area contributed by atoms with Gasteiger partial charge in [-0.3, -0.25) is 0 Å². The number of rotatable bonds is 5. The number of aromatic nitrogens is 2. The molecule has 6 heteroatoms. The molecular weight excluding hydrogens is 224 g/mol. The molecule has 1 heterocycles. The third kappa shape index (κ3) is 2.28. The zero-order valence-corrected chi connectivity index (χ0v) is 9.65. The van der Waals surface area contributed by atoms with Crippen LogP contribution in [-0.2, 0) is 0 Å². The summed E-state index contributed by atoms with van der Waals surface area (Å²) in [6.07, 6.45) is 3.81.